The van der Waals surface area contributed by atoms with E-state index < -0.39 is 30.4 Å². The molecule has 6 nitrogen and oxygen atoms in total. The number of carbonyl (C=O) groups excluding carboxylic acids is 2. The Morgan fingerprint density at radius 1 is 1.33 bits per heavy atom. The van der Waals surface area contributed by atoms with Gasteiger partial charge in [-0.25, -0.2) is 9.69 Å². The largest absolute Gasteiger partial charge is 0.481 e. The predicted octanol–water partition coefficient (Wildman–Crippen LogP) is 1.24. The fraction of sp³-hybridized carbons (Fsp3) is 0.182. The number of halogens is 1. The van der Waals surface area contributed by atoms with Crippen LogP contribution in [0.15, 0.2) is 24.3 Å². The molecule has 1 aliphatic heterocycles. The Balaban J connectivity index is 2.24. The minimum absolute atomic E-state index is 0.356. The van der Waals surface area contributed by atoms with E-state index in [2.05, 4.69) is 5.32 Å². The summed E-state index contributed by atoms with van der Waals surface area (Å²) < 4.78 is 0. The van der Waals surface area contributed by atoms with E-state index in [-0.39, 0.29) is 0 Å². The number of anilines is 1. The summed E-state index contributed by atoms with van der Waals surface area (Å²) in [6, 6.07) is 4.47. The molecule has 1 heterocycles. The summed E-state index contributed by atoms with van der Waals surface area (Å²) in [6.07, 6.45) is -0.436. The molecule has 0 unspecified atom stereocenters. The van der Waals surface area contributed by atoms with Crippen LogP contribution in [-0.4, -0.2) is 29.1 Å². The molecule has 1 atom stereocenters. The first-order valence-electron chi connectivity index (χ1n) is 5.11. The van der Waals surface area contributed by atoms with Crippen LogP contribution in [0.5, 0.6) is 0 Å². The van der Waals surface area contributed by atoms with Crippen molar-refractivity contribution in [2.45, 2.75) is 12.5 Å². The zero-order chi connectivity index (χ0) is 13.3. The van der Waals surface area contributed by atoms with Crippen LogP contribution in [-0.2, 0) is 9.59 Å². The monoisotopic (exact) mass is 268 g/mol. The molecule has 0 spiro atoms. The van der Waals surface area contributed by atoms with Crippen LogP contribution in [0.3, 0.4) is 0 Å². The fourth-order valence-electron chi connectivity index (χ4n) is 1.68. The summed E-state index contributed by atoms with van der Waals surface area (Å²) in [7, 11) is 0. The molecule has 1 aliphatic rings. The van der Waals surface area contributed by atoms with Crippen LogP contribution in [0.25, 0.3) is 0 Å². The highest BCUT2D eigenvalue weighted by molar-refractivity contribution is 6.30. The lowest BCUT2D eigenvalue weighted by atomic mass is 10.2. The average Bonchev–Trinajstić information content (AvgIpc) is 2.55. The molecule has 1 fully saturated rings. The van der Waals surface area contributed by atoms with E-state index in [4.69, 9.17) is 16.7 Å². The second kappa shape index (κ2) is 4.66. The second-order valence-corrected chi connectivity index (χ2v) is 4.19. The molecular weight excluding hydrogens is 260 g/mol. The molecular formula is C11H9ClN2O4. The van der Waals surface area contributed by atoms with E-state index in [9.17, 15) is 14.4 Å². The fourth-order valence-corrected chi connectivity index (χ4v) is 1.80. The first-order chi connectivity index (χ1) is 8.49. The Hall–Kier alpha value is -2.08. The molecule has 7 heteroatoms. The van der Waals surface area contributed by atoms with Crippen LogP contribution in [0.2, 0.25) is 5.02 Å². The number of benzene rings is 1. The van der Waals surface area contributed by atoms with Gasteiger partial charge >= 0.3 is 12.0 Å². The highest BCUT2D eigenvalue weighted by Gasteiger charge is 2.39. The maximum absolute atomic E-state index is 11.9. The molecule has 2 N–H and O–H groups in total. The van der Waals surface area contributed by atoms with Crippen molar-refractivity contribution >= 4 is 35.2 Å². The van der Waals surface area contributed by atoms with Crippen molar-refractivity contribution in [3.63, 3.8) is 0 Å². The lowest BCUT2D eigenvalue weighted by molar-refractivity contribution is -0.139. The minimum Gasteiger partial charge on any atom is -0.481 e. The van der Waals surface area contributed by atoms with Crippen LogP contribution >= 0.6 is 11.6 Å². The van der Waals surface area contributed by atoms with Crippen LogP contribution in [0.1, 0.15) is 6.42 Å². The van der Waals surface area contributed by atoms with Crippen molar-refractivity contribution < 1.29 is 19.5 Å². The third kappa shape index (κ3) is 2.28. The van der Waals surface area contributed by atoms with Crippen molar-refractivity contribution in [3.8, 4) is 0 Å². The number of hydrogen-bond acceptors (Lipinski definition) is 3. The molecule has 3 amide bonds. The van der Waals surface area contributed by atoms with Gasteiger partial charge in [0.2, 0.25) is 0 Å². The first-order valence-corrected chi connectivity index (χ1v) is 5.48. The number of rotatable bonds is 3. The first kappa shape index (κ1) is 12.4. The lowest BCUT2D eigenvalue weighted by Crippen LogP contribution is -2.32. The number of aliphatic carboxylic acids is 1. The molecule has 0 saturated carbocycles. The molecule has 18 heavy (non-hydrogen) atoms. The molecule has 94 valence electrons. The third-order valence-corrected chi connectivity index (χ3v) is 2.73. The van der Waals surface area contributed by atoms with E-state index in [1.54, 1.807) is 12.1 Å². The number of hydrogen-bond donors (Lipinski definition) is 2. The highest BCUT2D eigenvalue weighted by Crippen LogP contribution is 2.22. The lowest BCUT2D eigenvalue weighted by Gasteiger charge is -2.12. The van der Waals surface area contributed by atoms with Gasteiger partial charge in [-0.1, -0.05) is 11.6 Å². The van der Waals surface area contributed by atoms with Gasteiger partial charge in [-0.05, 0) is 24.3 Å². The van der Waals surface area contributed by atoms with Crippen LogP contribution < -0.4 is 10.2 Å². The van der Waals surface area contributed by atoms with Crippen molar-refractivity contribution in [3.05, 3.63) is 29.3 Å². The molecule has 0 aromatic heterocycles. The summed E-state index contributed by atoms with van der Waals surface area (Å²) in [5.74, 6) is -1.73. The van der Waals surface area contributed by atoms with Gasteiger partial charge in [0.15, 0.2) is 0 Å². The zero-order valence-corrected chi connectivity index (χ0v) is 9.85. The number of amides is 3. The average molecular weight is 269 g/mol. The number of carbonyl (C=O) groups is 3. The van der Waals surface area contributed by atoms with Gasteiger partial charge in [0.05, 0.1) is 12.1 Å². The zero-order valence-electron chi connectivity index (χ0n) is 9.09. The van der Waals surface area contributed by atoms with Crippen molar-refractivity contribution in [2.24, 2.45) is 0 Å². The quantitative estimate of drug-likeness (QED) is 0.808. The van der Waals surface area contributed by atoms with Gasteiger partial charge in [0.1, 0.15) is 6.04 Å². The van der Waals surface area contributed by atoms with Gasteiger partial charge < -0.3 is 10.4 Å². The summed E-state index contributed by atoms with van der Waals surface area (Å²) in [5, 5.41) is 11.4. The van der Waals surface area contributed by atoms with Gasteiger partial charge in [-0.2, -0.15) is 0 Å². The van der Waals surface area contributed by atoms with E-state index >= 15 is 0 Å². The molecule has 0 bridgehead atoms. The molecule has 0 radical (unpaired) electrons. The Morgan fingerprint density at radius 2 is 1.94 bits per heavy atom. The summed E-state index contributed by atoms with van der Waals surface area (Å²) in [4.78, 5) is 35.0. The minimum atomic E-state index is -1.15. The predicted molar refractivity (Wildman–Crippen MR) is 63.5 cm³/mol. The number of imide groups is 1. The van der Waals surface area contributed by atoms with E-state index in [1.807, 2.05) is 0 Å². The van der Waals surface area contributed by atoms with Crippen LogP contribution in [0, 0.1) is 0 Å². The maximum Gasteiger partial charge on any atom is 0.329 e. The summed E-state index contributed by atoms with van der Waals surface area (Å²) in [5.41, 5.74) is 0.356. The Kier molecular flexibility index (Phi) is 3.20. The molecule has 1 aromatic carbocycles. The Labute approximate surface area is 107 Å². The smallest absolute Gasteiger partial charge is 0.329 e. The van der Waals surface area contributed by atoms with Crippen molar-refractivity contribution in [1.29, 1.82) is 0 Å². The van der Waals surface area contributed by atoms with Gasteiger partial charge in [0.25, 0.3) is 5.91 Å². The number of nitrogens with zero attached hydrogens (tertiary/aromatic N) is 1. The SMILES string of the molecule is O=C(O)C[C@@H]1NC(=O)N(c2ccc(Cl)cc2)C1=O. The topological polar surface area (TPSA) is 86.7 Å². The van der Waals surface area contributed by atoms with Crippen molar-refractivity contribution in [1.82, 2.24) is 5.32 Å². The molecule has 0 aliphatic carbocycles. The number of carboxylic acids is 1. The van der Waals surface area contributed by atoms with E-state index in [0.717, 1.165) is 4.90 Å². The Morgan fingerprint density at radius 3 is 2.50 bits per heavy atom. The standard InChI is InChI=1S/C11H9ClN2O4/c12-6-1-3-7(4-2-6)14-10(17)8(5-9(15)16)13-11(14)18/h1-4,8H,5H2,(H,13,18)(H,15,16)/t8-/m0/s1. The third-order valence-electron chi connectivity index (χ3n) is 2.48. The van der Waals surface area contributed by atoms with Gasteiger partial charge in [0, 0.05) is 5.02 Å². The highest BCUT2D eigenvalue weighted by atomic mass is 35.5. The number of carboxylic acid groups (broad SMARTS) is 1. The molecule has 1 saturated heterocycles. The molecule has 1 aromatic rings. The summed E-state index contributed by atoms with van der Waals surface area (Å²) >= 11 is 5.71. The maximum atomic E-state index is 11.9. The second-order valence-electron chi connectivity index (χ2n) is 3.75. The normalized spacial score (nSPS) is 18.9. The van der Waals surface area contributed by atoms with Crippen LogP contribution in [0.4, 0.5) is 10.5 Å². The van der Waals surface area contributed by atoms with Gasteiger partial charge in [-0.15, -0.1) is 0 Å². The van der Waals surface area contributed by atoms with E-state index in [0.29, 0.717) is 10.7 Å². The molecule has 2 rings (SSSR count). The van der Waals surface area contributed by atoms with E-state index in [1.165, 1.54) is 12.1 Å². The summed E-state index contributed by atoms with van der Waals surface area (Å²) in [6.45, 7) is 0. The van der Waals surface area contributed by atoms with Crippen molar-refractivity contribution in [2.75, 3.05) is 4.90 Å². The number of urea groups is 1. The Bertz CT molecular complexity index is 514. The van der Waals surface area contributed by atoms with Gasteiger partial charge in [-0.3, -0.25) is 9.59 Å². The number of nitrogens with one attached hydrogen (secondary N) is 1.